The lowest BCUT2D eigenvalue weighted by molar-refractivity contribution is 0.0959. The Kier molecular flexibility index (Phi) is 13.1. The molecule has 1 aliphatic rings. The fourth-order valence-electron chi connectivity index (χ4n) is 5.06. The van der Waals surface area contributed by atoms with Crippen LogP contribution in [-0.2, 0) is 16.6 Å². The van der Waals surface area contributed by atoms with Crippen molar-refractivity contribution in [3.05, 3.63) is 77.5 Å². The number of halogens is 3. The first-order chi connectivity index (χ1) is 21.5. The van der Waals surface area contributed by atoms with Gasteiger partial charge in [0.1, 0.15) is 17.4 Å². The SMILES string of the molecule is CCCCN(C(=O)Nc1cc(C(=O)NC)c(F)cc1F)C1CCN(Cc2ccc(Oc3ccc(NS(C)(=O)=O)cc3)nc2)CC1.Cl. The van der Waals surface area contributed by atoms with Crippen LogP contribution < -0.4 is 20.1 Å². The average molecular weight is 681 g/mol. The van der Waals surface area contributed by atoms with E-state index in [4.69, 9.17) is 4.74 Å². The maximum Gasteiger partial charge on any atom is 0.322 e. The minimum atomic E-state index is -3.36. The van der Waals surface area contributed by atoms with Gasteiger partial charge in [-0.25, -0.2) is 27.0 Å². The van der Waals surface area contributed by atoms with E-state index in [9.17, 15) is 26.8 Å². The van der Waals surface area contributed by atoms with Gasteiger partial charge in [0.15, 0.2) is 0 Å². The summed E-state index contributed by atoms with van der Waals surface area (Å²) in [6.45, 7) is 4.64. The van der Waals surface area contributed by atoms with Crippen LogP contribution in [0.5, 0.6) is 11.6 Å². The summed E-state index contributed by atoms with van der Waals surface area (Å²) in [5, 5.41) is 4.86. The molecular weight excluding hydrogens is 642 g/mol. The van der Waals surface area contributed by atoms with Gasteiger partial charge in [-0.05, 0) is 55.2 Å². The number of carbonyl (C=O) groups is 2. The summed E-state index contributed by atoms with van der Waals surface area (Å²) in [4.78, 5) is 33.7. The number of hydrogen-bond acceptors (Lipinski definition) is 7. The van der Waals surface area contributed by atoms with Crippen molar-refractivity contribution in [1.29, 1.82) is 0 Å². The molecule has 0 saturated carbocycles. The minimum Gasteiger partial charge on any atom is -0.439 e. The van der Waals surface area contributed by atoms with Crippen LogP contribution in [0.25, 0.3) is 0 Å². The highest BCUT2D eigenvalue weighted by atomic mass is 35.5. The number of nitrogens with one attached hydrogen (secondary N) is 3. The molecule has 0 aliphatic carbocycles. The molecule has 11 nitrogen and oxygen atoms in total. The van der Waals surface area contributed by atoms with Crippen LogP contribution in [0.15, 0.2) is 54.7 Å². The monoisotopic (exact) mass is 680 g/mol. The maximum atomic E-state index is 14.5. The first-order valence-electron chi connectivity index (χ1n) is 14.7. The van der Waals surface area contributed by atoms with Crippen molar-refractivity contribution >= 4 is 45.7 Å². The number of nitrogens with zero attached hydrogens (tertiary/aromatic N) is 3. The standard InChI is InChI=1S/C31H38F2N6O5S.ClH/c1-4-5-14-39(31(41)36-28-17-25(30(40)34-2)26(32)18-27(28)33)23-12-15-38(16-13-23)20-21-6-11-29(35-19-21)44-24-9-7-22(8-10-24)37-45(3,42)43;/h6-11,17-19,23,37H,4-5,12-16,20H2,1-3H3,(H,34,40)(H,36,41);1H. The second kappa shape index (κ2) is 16.5. The number of benzene rings is 2. The number of rotatable bonds is 12. The van der Waals surface area contributed by atoms with E-state index in [1.165, 1.54) is 7.05 Å². The van der Waals surface area contributed by atoms with Crippen LogP contribution >= 0.6 is 12.4 Å². The lowest BCUT2D eigenvalue weighted by Gasteiger charge is -2.38. The van der Waals surface area contributed by atoms with Crippen molar-refractivity contribution in [3.8, 4) is 11.6 Å². The summed E-state index contributed by atoms with van der Waals surface area (Å²) >= 11 is 0. The summed E-state index contributed by atoms with van der Waals surface area (Å²) in [5.74, 6) is -1.76. The number of amides is 3. The molecule has 2 aromatic carbocycles. The Morgan fingerprint density at radius 3 is 2.35 bits per heavy atom. The summed E-state index contributed by atoms with van der Waals surface area (Å²) in [7, 11) is -2.02. The number of hydrogen-bond donors (Lipinski definition) is 3. The second-order valence-corrected chi connectivity index (χ2v) is 12.6. The molecule has 3 amide bonds. The Hall–Kier alpha value is -4.01. The molecule has 0 unspecified atom stereocenters. The smallest absolute Gasteiger partial charge is 0.322 e. The number of likely N-dealkylation sites (tertiary alicyclic amines) is 1. The summed E-state index contributed by atoms with van der Waals surface area (Å²) in [6.07, 6.45) is 5.89. The fourth-order valence-corrected chi connectivity index (χ4v) is 5.62. The Balaban J connectivity index is 0.00000576. The largest absolute Gasteiger partial charge is 0.439 e. The molecule has 2 heterocycles. The summed E-state index contributed by atoms with van der Waals surface area (Å²) in [6, 6.07) is 11.3. The zero-order valence-corrected chi connectivity index (χ0v) is 27.5. The topological polar surface area (TPSA) is 133 Å². The highest BCUT2D eigenvalue weighted by Gasteiger charge is 2.29. The van der Waals surface area contributed by atoms with Gasteiger partial charge in [0, 0.05) is 63.3 Å². The molecule has 15 heteroatoms. The molecule has 0 bridgehead atoms. The molecule has 46 heavy (non-hydrogen) atoms. The molecule has 3 aromatic rings. The Bertz CT molecular complexity index is 1590. The van der Waals surface area contributed by atoms with Crippen molar-refractivity contribution in [3.63, 3.8) is 0 Å². The number of ether oxygens (including phenoxy) is 1. The van der Waals surface area contributed by atoms with Crippen molar-refractivity contribution < 1.29 is 31.5 Å². The number of aromatic nitrogens is 1. The third-order valence-corrected chi connectivity index (χ3v) is 7.97. The molecule has 0 atom stereocenters. The van der Waals surface area contributed by atoms with Crippen molar-refractivity contribution in [2.45, 2.75) is 45.2 Å². The first kappa shape index (κ1) is 36.5. The summed E-state index contributed by atoms with van der Waals surface area (Å²) in [5.41, 5.74) is 0.826. The van der Waals surface area contributed by atoms with Gasteiger partial charge in [0.05, 0.1) is 17.5 Å². The Labute approximate surface area is 274 Å². The van der Waals surface area contributed by atoms with Gasteiger partial charge in [-0.2, -0.15) is 0 Å². The van der Waals surface area contributed by atoms with Crippen LogP contribution in [0.4, 0.5) is 25.0 Å². The normalized spacial score (nSPS) is 13.8. The average Bonchev–Trinajstić information content (AvgIpc) is 3.00. The van der Waals surface area contributed by atoms with E-state index in [0.717, 1.165) is 43.8 Å². The van der Waals surface area contributed by atoms with Crippen LogP contribution in [0.1, 0.15) is 48.5 Å². The van der Waals surface area contributed by atoms with Gasteiger partial charge in [0.25, 0.3) is 5.91 Å². The third kappa shape index (κ3) is 10.3. The fraction of sp³-hybridized carbons (Fsp3) is 0.387. The lowest BCUT2D eigenvalue weighted by Crippen LogP contribution is -2.49. The molecule has 1 fully saturated rings. The number of sulfonamides is 1. The Morgan fingerprint density at radius 2 is 1.76 bits per heavy atom. The maximum absolute atomic E-state index is 14.5. The number of unbranched alkanes of at least 4 members (excludes halogenated alkanes) is 1. The summed E-state index contributed by atoms with van der Waals surface area (Å²) < 4.78 is 59.6. The van der Waals surface area contributed by atoms with E-state index >= 15 is 0 Å². The van der Waals surface area contributed by atoms with E-state index in [1.54, 1.807) is 41.4 Å². The number of urea groups is 1. The van der Waals surface area contributed by atoms with E-state index < -0.39 is 33.6 Å². The molecule has 1 aliphatic heterocycles. The van der Waals surface area contributed by atoms with Gasteiger partial charge in [-0.3, -0.25) is 14.4 Å². The van der Waals surface area contributed by atoms with Gasteiger partial charge >= 0.3 is 6.03 Å². The zero-order chi connectivity index (χ0) is 32.6. The minimum absolute atomic E-state index is 0. The van der Waals surface area contributed by atoms with E-state index in [-0.39, 0.29) is 29.7 Å². The predicted molar refractivity (Wildman–Crippen MR) is 175 cm³/mol. The van der Waals surface area contributed by atoms with Crippen LogP contribution in [0.2, 0.25) is 0 Å². The molecule has 1 saturated heterocycles. The molecule has 1 aromatic heterocycles. The number of piperidine rings is 1. The van der Waals surface area contributed by atoms with Crippen LogP contribution in [0, 0.1) is 11.6 Å². The lowest BCUT2D eigenvalue weighted by atomic mass is 10.0. The number of pyridine rings is 1. The predicted octanol–water partition coefficient (Wildman–Crippen LogP) is 5.60. The molecule has 3 N–H and O–H groups in total. The molecule has 4 rings (SSSR count). The van der Waals surface area contributed by atoms with Gasteiger partial charge in [0.2, 0.25) is 15.9 Å². The van der Waals surface area contributed by atoms with E-state index in [2.05, 4.69) is 25.2 Å². The Morgan fingerprint density at radius 1 is 1.07 bits per heavy atom. The molecule has 250 valence electrons. The van der Waals surface area contributed by atoms with Crippen LogP contribution in [-0.4, -0.2) is 74.1 Å². The third-order valence-electron chi connectivity index (χ3n) is 7.37. The first-order valence-corrected chi connectivity index (χ1v) is 16.6. The van der Waals surface area contributed by atoms with Crippen molar-refractivity contribution in [2.24, 2.45) is 0 Å². The van der Waals surface area contributed by atoms with Crippen molar-refractivity contribution in [2.75, 3.05) is 43.0 Å². The highest BCUT2D eigenvalue weighted by molar-refractivity contribution is 7.92. The van der Waals surface area contributed by atoms with Crippen LogP contribution in [0.3, 0.4) is 0 Å². The molecular formula is C31H39ClF2N6O5S. The zero-order valence-electron chi connectivity index (χ0n) is 25.9. The van der Waals surface area contributed by atoms with E-state index in [1.807, 2.05) is 13.0 Å². The highest BCUT2D eigenvalue weighted by Crippen LogP contribution is 2.25. The molecule has 0 spiro atoms. The molecule has 0 radical (unpaired) electrons. The van der Waals surface area contributed by atoms with Crippen molar-refractivity contribution in [1.82, 2.24) is 20.1 Å². The van der Waals surface area contributed by atoms with Gasteiger partial charge in [-0.15, -0.1) is 12.4 Å². The van der Waals surface area contributed by atoms with Gasteiger partial charge in [-0.1, -0.05) is 19.4 Å². The quantitative estimate of drug-likeness (QED) is 0.227. The number of carbonyl (C=O) groups excluding carboxylic acids is 2. The van der Waals surface area contributed by atoms with E-state index in [0.29, 0.717) is 49.3 Å². The van der Waals surface area contributed by atoms with Gasteiger partial charge < -0.3 is 20.3 Å². The number of anilines is 2. The second-order valence-electron chi connectivity index (χ2n) is 10.9.